The van der Waals surface area contributed by atoms with Crippen molar-refractivity contribution >= 4 is 63.8 Å². The van der Waals surface area contributed by atoms with Crippen LogP contribution >= 0.6 is 46.6 Å². The minimum Gasteiger partial charge on any atom is -0.323 e. The number of aromatic nitrogens is 3. The summed E-state index contributed by atoms with van der Waals surface area (Å²) in [5.41, 5.74) is 0.595. The number of nitro benzene ring substituents is 1. The van der Waals surface area contributed by atoms with Gasteiger partial charge in [-0.05, 0) is 19.1 Å². The first-order valence-corrected chi connectivity index (χ1v) is 10.7. The van der Waals surface area contributed by atoms with E-state index in [9.17, 15) is 14.9 Å². The molecule has 0 bridgehead atoms. The molecule has 0 unspecified atom stereocenters. The number of halogens is 3. The van der Waals surface area contributed by atoms with E-state index >= 15 is 0 Å². The summed E-state index contributed by atoms with van der Waals surface area (Å²) < 4.78 is 1.85. The highest BCUT2D eigenvalue weighted by Gasteiger charge is 2.19. The molecule has 1 heterocycles. The lowest BCUT2D eigenvalue weighted by molar-refractivity contribution is -0.384. The molecule has 1 aromatic heterocycles. The molecule has 1 amide bonds. The van der Waals surface area contributed by atoms with Gasteiger partial charge in [-0.25, -0.2) is 0 Å². The first-order chi connectivity index (χ1) is 14.3. The van der Waals surface area contributed by atoms with E-state index in [1.807, 2.05) is 29.7 Å². The molecule has 30 heavy (non-hydrogen) atoms. The van der Waals surface area contributed by atoms with Crippen molar-refractivity contribution in [2.75, 3.05) is 11.1 Å². The van der Waals surface area contributed by atoms with E-state index in [0.29, 0.717) is 22.5 Å². The molecule has 3 rings (SSSR count). The van der Waals surface area contributed by atoms with Crippen LogP contribution < -0.4 is 5.32 Å². The summed E-state index contributed by atoms with van der Waals surface area (Å²) in [7, 11) is 0. The Morgan fingerprint density at radius 3 is 2.43 bits per heavy atom. The van der Waals surface area contributed by atoms with E-state index in [4.69, 9.17) is 34.8 Å². The molecule has 0 radical (unpaired) electrons. The number of anilines is 1. The zero-order valence-corrected chi connectivity index (χ0v) is 18.5. The van der Waals surface area contributed by atoms with E-state index in [0.717, 1.165) is 17.7 Å². The van der Waals surface area contributed by atoms with Crippen molar-refractivity contribution in [3.8, 4) is 11.4 Å². The second kappa shape index (κ2) is 9.65. The van der Waals surface area contributed by atoms with Gasteiger partial charge >= 0.3 is 0 Å². The Morgan fingerprint density at radius 1 is 1.17 bits per heavy atom. The van der Waals surface area contributed by atoms with Gasteiger partial charge in [-0.2, -0.15) is 0 Å². The number of thioether (sulfide) groups is 1. The average molecular weight is 487 g/mol. The predicted molar refractivity (Wildman–Crippen MR) is 119 cm³/mol. The van der Waals surface area contributed by atoms with Crippen LogP contribution in [0.4, 0.5) is 11.4 Å². The molecule has 0 aliphatic carbocycles. The van der Waals surface area contributed by atoms with Crippen LogP contribution in [0.2, 0.25) is 15.1 Å². The van der Waals surface area contributed by atoms with Crippen LogP contribution in [0.3, 0.4) is 0 Å². The number of nitrogens with zero attached hydrogens (tertiary/aromatic N) is 4. The highest BCUT2D eigenvalue weighted by atomic mass is 35.5. The number of nitrogens with one attached hydrogen (secondary N) is 1. The number of carbonyl (C=O) groups excluding carboxylic acids is 1. The SMILES string of the molecule is CCn1c(SCC(=O)Nc2c(Cl)cc([N+](=O)[O-])cc2Cl)nnc1-c1ccccc1Cl. The highest BCUT2D eigenvalue weighted by molar-refractivity contribution is 7.99. The van der Waals surface area contributed by atoms with Gasteiger partial charge in [0, 0.05) is 24.2 Å². The lowest BCUT2D eigenvalue weighted by Gasteiger charge is -2.10. The Hall–Kier alpha value is -2.33. The van der Waals surface area contributed by atoms with E-state index in [1.54, 1.807) is 6.07 Å². The summed E-state index contributed by atoms with van der Waals surface area (Å²) >= 11 is 19.5. The number of hydrogen-bond donors (Lipinski definition) is 1. The van der Waals surface area contributed by atoms with Crippen molar-refractivity contribution in [3.63, 3.8) is 0 Å². The fourth-order valence-corrected chi connectivity index (χ4v) is 4.21. The number of rotatable bonds is 7. The number of carbonyl (C=O) groups is 1. The third-order valence-corrected chi connectivity index (χ3v) is 5.87. The monoisotopic (exact) mass is 485 g/mol. The Bertz CT molecular complexity index is 1100. The minimum atomic E-state index is -0.618. The van der Waals surface area contributed by atoms with E-state index < -0.39 is 10.8 Å². The van der Waals surface area contributed by atoms with Gasteiger partial charge in [0.05, 0.1) is 31.4 Å². The van der Waals surface area contributed by atoms with Crippen molar-refractivity contribution in [1.29, 1.82) is 0 Å². The third-order valence-electron chi connectivity index (χ3n) is 3.98. The van der Waals surface area contributed by atoms with Gasteiger partial charge in [0.1, 0.15) is 0 Å². The molecule has 0 aliphatic rings. The van der Waals surface area contributed by atoms with Gasteiger partial charge in [0.15, 0.2) is 11.0 Å². The Kier molecular flexibility index (Phi) is 7.19. The molecule has 156 valence electrons. The Labute approximate surface area is 190 Å². The van der Waals surface area contributed by atoms with Crippen LogP contribution in [0.15, 0.2) is 41.6 Å². The number of hydrogen-bond acceptors (Lipinski definition) is 6. The van der Waals surface area contributed by atoms with Gasteiger partial charge in [-0.15, -0.1) is 10.2 Å². The summed E-state index contributed by atoms with van der Waals surface area (Å²) in [6, 6.07) is 9.54. The molecule has 8 nitrogen and oxygen atoms in total. The Morgan fingerprint density at radius 2 is 1.83 bits per heavy atom. The second-order valence-corrected chi connectivity index (χ2v) is 8.07. The van der Waals surface area contributed by atoms with E-state index in [2.05, 4.69) is 15.5 Å². The summed E-state index contributed by atoms with van der Waals surface area (Å²) in [6.07, 6.45) is 0. The topological polar surface area (TPSA) is 103 Å². The molecular formula is C18H14Cl3N5O3S. The molecule has 0 aliphatic heterocycles. The maximum Gasteiger partial charge on any atom is 0.272 e. The molecule has 2 aromatic carbocycles. The summed E-state index contributed by atoms with van der Waals surface area (Å²) in [5.74, 6) is 0.208. The lowest BCUT2D eigenvalue weighted by Crippen LogP contribution is -2.15. The molecule has 0 saturated carbocycles. The van der Waals surface area contributed by atoms with E-state index in [-0.39, 0.29) is 27.2 Å². The van der Waals surface area contributed by atoms with Crippen LogP contribution in [0.25, 0.3) is 11.4 Å². The number of benzene rings is 2. The molecule has 0 saturated heterocycles. The van der Waals surface area contributed by atoms with Crippen LogP contribution in [0.1, 0.15) is 6.92 Å². The zero-order chi connectivity index (χ0) is 21.8. The van der Waals surface area contributed by atoms with Crippen LogP contribution in [0, 0.1) is 10.1 Å². The molecule has 1 N–H and O–H groups in total. The first kappa shape index (κ1) is 22.4. The molecule has 0 fully saturated rings. The number of nitro groups is 1. The fraction of sp³-hybridized carbons (Fsp3) is 0.167. The highest BCUT2D eigenvalue weighted by Crippen LogP contribution is 2.35. The lowest BCUT2D eigenvalue weighted by atomic mass is 10.2. The van der Waals surface area contributed by atoms with Crippen molar-refractivity contribution in [2.24, 2.45) is 0 Å². The minimum absolute atomic E-state index is 0.00427. The van der Waals surface area contributed by atoms with Gasteiger partial charge in [0.25, 0.3) is 5.69 Å². The quantitative estimate of drug-likeness (QED) is 0.266. The first-order valence-electron chi connectivity index (χ1n) is 8.56. The smallest absolute Gasteiger partial charge is 0.272 e. The number of amides is 1. The summed E-state index contributed by atoms with van der Waals surface area (Å²) in [6.45, 7) is 2.52. The van der Waals surface area contributed by atoms with Gasteiger partial charge in [-0.1, -0.05) is 58.7 Å². The largest absolute Gasteiger partial charge is 0.323 e. The van der Waals surface area contributed by atoms with Gasteiger partial charge in [-0.3, -0.25) is 14.9 Å². The van der Waals surface area contributed by atoms with E-state index in [1.165, 1.54) is 11.8 Å². The van der Waals surface area contributed by atoms with Crippen LogP contribution in [-0.4, -0.2) is 31.3 Å². The zero-order valence-electron chi connectivity index (χ0n) is 15.4. The van der Waals surface area contributed by atoms with Crippen molar-refractivity contribution in [3.05, 3.63) is 61.6 Å². The molecule has 12 heteroatoms. The summed E-state index contributed by atoms with van der Waals surface area (Å²) in [4.78, 5) is 22.6. The molecule has 0 spiro atoms. The van der Waals surface area contributed by atoms with Crippen molar-refractivity contribution < 1.29 is 9.72 Å². The molecule has 3 aromatic rings. The normalized spacial score (nSPS) is 10.8. The van der Waals surface area contributed by atoms with Crippen molar-refractivity contribution in [1.82, 2.24) is 14.8 Å². The van der Waals surface area contributed by atoms with Gasteiger partial charge in [0.2, 0.25) is 5.91 Å². The standard InChI is InChI=1S/C18H14Cl3N5O3S/c1-2-25-17(11-5-3-4-6-12(11)19)23-24-18(25)30-9-15(27)22-16-13(20)7-10(26(28)29)8-14(16)21/h3-8H,2,9H2,1H3,(H,22,27). The molecule has 0 atom stereocenters. The summed E-state index contributed by atoms with van der Waals surface area (Å²) in [5, 5.41) is 22.8. The molecular weight excluding hydrogens is 473 g/mol. The predicted octanol–water partition coefficient (Wildman–Crippen LogP) is 5.56. The Balaban J connectivity index is 1.73. The average Bonchev–Trinajstić information content (AvgIpc) is 3.12. The fourth-order valence-electron chi connectivity index (χ4n) is 2.61. The maximum atomic E-state index is 12.4. The number of non-ortho nitro benzene ring substituents is 1. The van der Waals surface area contributed by atoms with Crippen molar-refractivity contribution in [2.45, 2.75) is 18.6 Å². The maximum absolute atomic E-state index is 12.4. The van der Waals surface area contributed by atoms with Gasteiger partial charge < -0.3 is 9.88 Å². The van der Waals surface area contributed by atoms with Crippen LogP contribution in [0.5, 0.6) is 0 Å². The third kappa shape index (κ3) is 4.86. The second-order valence-electron chi connectivity index (χ2n) is 5.91. The van der Waals surface area contributed by atoms with Crippen LogP contribution in [-0.2, 0) is 11.3 Å².